The largest absolute Gasteiger partial charge is 0.481 e. The van der Waals surface area contributed by atoms with Crippen molar-refractivity contribution in [1.29, 1.82) is 0 Å². The van der Waals surface area contributed by atoms with Crippen molar-refractivity contribution < 1.29 is 19.8 Å². The lowest BCUT2D eigenvalue weighted by atomic mass is 10.2. The Morgan fingerprint density at radius 2 is 1.80 bits per heavy atom. The van der Waals surface area contributed by atoms with Gasteiger partial charge in [-0.15, -0.1) is 0 Å². The van der Waals surface area contributed by atoms with Crippen molar-refractivity contribution in [2.45, 2.75) is 12.5 Å². The van der Waals surface area contributed by atoms with Crippen LogP contribution < -0.4 is 5.73 Å². The number of hydrogen-bond donors (Lipinski definition) is 3. The number of hydrogen-bond acceptors (Lipinski definition) is 5. The van der Waals surface area contributed by atoms with Crippen LogP contribution in [-0.4, -0.2) is 38.2 Å². The third-order valence-corrected chi connectivity index (χ3v) is 1.19. The Kier molecular flexibility index (Phi) is 6.39. The van der Waals surface area contributed by atoms with Crippen molar-refractivity contribution in [3.8, 4) is 0 Å². The summed E-state index contributed by atoms with van der Waals surface area (Å²) < 4.78 is 0. The van der Waals surface area contributed by atoms with Crippen LogP contribution in [0, 0.1) is 0 Å². The highest BCUT2D eigenvalue weighted by atomic mass is 16.4. The fraction of sp³-hybridized carbons (Fsp3) is 0.250. The van der Waals surface area contributed by atoms with E-state index in [0.29, 0.717) is 0 Å². The molecule has 15 heavy (non-hydrogen) atoms. The van der Waals surface area contributed by atoms with Crippen LogP contribution in [0.3, 0.4) is 0 Å². The molecule has 1 aromatic rings. The summed E-state index contributed by atoms with van der Waals surface area (Å²) >= 11 is 0. The summed E-state index contributed by atoms with van der Waals surface area (Å²) in [6.45, 7) is 0. The lowest BCUT2D eigenvalue weighted by Crippen LogP contribution is -2.32. The Morgan fingerprint density at radius 1 is 1.27 bits per heavy atom. The summed E-state index contributed by atoms with van der Waals surface area (Å²) in [6.07, 6.45) is 4.34. The van der Waals surface area contributed by atoms with Crippen molar-refractivity contribution in [1.82, 2.24) is 9.97 Å². The number of carboxylic acid groups (broad SMARTS) is 2. The van der Waals surface area contributed by atoms with Gasteiger partial charge in [-0.3, -0.25) is 9.59 Å². The predicted octanol–water partition coefficient (Wildman–Crippen LogP) is -0.650. The summed E-state index contributed by atoms with van der Waals surface area (Å²) in [5.74, 6) is -2.50. The SMILES string of the molecule is N[C@@H](CC(=O)O)C(=O)O.c1cncnc1. The molecule has 0 spiro atoms. The molecule has 1 atom stereocenters. The molecule has 0 amide bonds. The molecule has 0 aliphatic heterocycles. The molecule has 0 saturated heterocycles. The first-order valence-electron chi connectivity index (χ1n) is 3.94. The van der Waals surface area contributed by atoms with E-state index >= 15 is 0 Å². The van der Waals surface area contributed by atoms with Crippen molar-refractivity contribution in [2.75, 3.05) is 0 Å². The summed E-state index contributed by atoms with van der Waals surface area (Å²) in [5, 5.41) is 16.0. The zero-order valence-corrected chi connectivity index (χ0v) is 7.78. The van der Waals surface area contributed by atoms with Gasteiger partial charge in [-0.25, -0.2) is 9.97 Å². The molecule has 0 aliphatic carbocycles. The number of carbonyl (C=O) groups is 2. The Morgan fingerprint density at radius 3 is 1.93 bits per heavy atom. The lowest BCUT2D eigenvalue weighted by Gasteiger charge is -1.99. The molecule has 1 rings (SSSR count). The minimum Gasteiger partial charge on any atom is -0.481 e. The van der Waals surface area contributed by atoms with Crippen molar-refractivity contribution in [3.63, 3.8) is 0 Å². The molecule has 0 saturated carbocycles. The zero-order valence-electron chi connectivity index (χ0n) is 7.78. The van der Waals surface area contributed by atoms with Crippen LogP contribution in [-0.2, 0) is 9.59 Å². The van der Waals surface area contributed by atoms with Crippen LogP contribution in [0.15, 0.2) is 24.8 Å². The predicted molar refractivity (Wildman–Crippen MR) is 49.9 cm³/mol. The first-order chi connectivity index (χ1) is 7.04. The van der Waals surface area contributed by atoms with E-state index in [9.17, 15) is 9.59 Å². The lowest BCUT2D eigenvalue weighted by molar-refractivity contribution is -0.144. The molecule has 0 radical (unpaired) electrons. The molecule has 0 aromatic carbocycles. The van der Waals surface area contributed by atoms with Crippen molar-refractivity contribution in [3.05, 3.63) is 24.8 Å². The van der Waals surface area contributed by atoms with Crippen LogP contribution in [0.4, 0.5) is 0 Å². The van der Waals surface area contributed by atoms with E-state index in [-0.39, 0.29) is 0 Å². The minimum atomic E-state index is -1.29. The topological polar surface area (TPSA) is 126 Å². The van der Waals surface area contributed by atoms with Crippen LogP contribution in [0.25, 0.3) is 0 Å². The molecule has 0 fully saturated rings. The number of carboxylic acids is 2. The number of rotatable bonds is 3. The second-order valence-electron chi connectivity index (χ2n) is 2.45. The maximum absolute atomic E-state index is 9.85. The molecule has 0 aliphatic rings. The Bertz CT molecular complexity index is 277. The number of nitrogens with zero attached hydrogens (tertiary/aromatic N) is 2. The highest BCUT2D eigenvalue weighted by Crippen LogP contribution is 1.86. The first-order valence-corrected chi connectivity index (χ1v) is 3.94. The van der Waals surface area contributed by atoms with Crippen LogP contribution in [0.2, 0.25) is 0 Å². The fourth-order valence-electron chi connectivity index (χ4n) is 0.529. The molecule has 1 aromatic heterocycles. The molecule has 7 nitrogen and oxygen atoms in total. The highest BCUT2D eigenvalue weighted by molar-refractivity contribution is 5.80. The van der Waals surface area contributed by atoms with E-state index in [1.54, 1.807) is 18.5 Å². The van der Waals surface area contributed by atoms with Gasteiger partial charge in [-0.2, -0.15) is 0 Å². The van der Waals surface area contributed by atoms with Crippen LogP contribution in [0.1, 0.15) is 6.42 Å². The molecule has 7 heteroatoms. The summed E-state index contributed by atoms with van der Waals surface area (Å²) in [5.41, 5.74) is 4.84. The van der Waals surface area contributed by atoms with Gasteiger partial charge < -0.3 is 15.9 Å². The standard InChI is InChI=1S/C4H4N2.C4H7NO4/c1-2-5-4-6-3-1;5-2(4(8)9)1-3(6)7/h1-4H;2H,1,5H2,(H,6,7)(H,8,9)/t;2-/m.0/s1. The van der Waals surface area contributed by atoms with Crippen molar-refractivity contribution >= 4 is 11.9 Å². The average molecular weight is 213 g/mol. The van der Waals surface area contributed by atoms with Gasteiger partial charge in [0.15, 0.2) is 0 Å². The van der Waals surface area contributed by atoms with E-state index in [1.165, 1.54) is 6.33 Å². The molecular formula is C8H11N3O4. The Balaban J connectivity index is 0.000000280. The molecule has 0 unspecified atom stereocenters. The summed E-state index contributed by atoms with van der Waals surface area (Å²) in [4.78, 5) is 27.0. The normalized spacial score (nSPS) is 10.7. The maximum Gasteiger partial charge on any atom is 0.321 e. The van der Waals surface area contributed by atoms with Gasteiger partial charge in [0.05, 0.1) is 6.42 Å². The molecule has 4 N–H and O–H groups in total. The Hall–Kier alpha value is -2.02. The van der Waals surface area contributed by atoms with E-state index in [0.717, 1.165) is 0 Å². The fourth-order valence-corrected chi connectivity index (χ4v) is 0.529. The van der Waals surface area contributed by atoms with Crippen molar-refractivity contribution in [2.24, 2.45) is 5.73 Å². The zero-order chi connectivity index (χ0) is 11.7. The van der Waals surface area contributed by atoms with Gasteiger partial charge in [-0.05, 0) is 6.07 Å². The summed E-state index contributed by atoms with van der Waals surface area (Å²) in [6, 6.07) is 0.488. The first kappa shape index (κ1) is 13.0. The highest BCUT2D eigenvalue weighted by Gasteiger charge is 2.14. The number of nitrogens with two attached hydrogens (primary N) is 1. The number of aromatic nitrogens is 2. The van der Waals surface area contributed by atoms with E-state index in [4.69, 9.17) is 15.9 Å². The maximum atomic E-state index is 9.85. The minimum absolute atomic E-state index is 0.532. The monoisotopic (exact) mass is 213 g/mol. The summed E-state index contributed by atoms with van der Waals surface area (Å²) in [7, 11) is 0. The smallest absolute Gasteiger partial charge is 0.321 e. The van der Waals surface area contributed by atoms with Gasteiger partial charge in [-0.1, -0.05) is 0 Å². The van der Waals surface area contributed by atoms with E-state index in [1.807, 2.05) is 0 Å². The Labute approximate surface area is 85.6 Å². The van der Waals surface area contributed by atoms with Gasteiger partial charge >= 0.3 is 11.9 Å². The third-order valence-electron chi connectivity index (χ3n) is 1.19. The van der Waals surface area contributed by atoms with Gasteiger partial charge in [0.1, 0.15) is 12.4 Å². The number of aliphatic carboxylic acids is 2. The second kappa shape index (κ2) is 7.39. The average Bonchev–Trinajstić information content (AvgIpc) is 2.20. The van der Waals surface area contributed by atoms with Gasteiger partial charge in [0, 0.05) is 12.4 Å². The van der Waals surface area contributed by atoms with Gasteiger partial charge in [0.2, 0.25) is 0 Å². The molecule has 0 bridgehead atoms. The second-order valence-corrected chi connectivity index (χ2v) is 2.45. The van der Waals surface area contributed by atoms with E-state index < -0.39 is 24.4 Å². The van der Waals surface area contributed by atoms with Gasteiger partial charge in [0.25, 0.3) is 0 Å². The van der Waals surface area contributed by atoms with E-state index in [2.05, 4.69) is 9.97 Å². The quantitative estimate of drug-likeness (QED) is 0.608. The van der Waals surface area contributed by atoms with Crippen LogP contribution in [0.5, 0.6) is 0 Å². The molecule has 1 heterocycles. The molecular weight excluding hydrogens is 202 g/mol. The molecule has 82 valence electrons. The van der Waals surface area contributed by atoms with Crippen LogP contribution >= 0.6 is 0 Å². The third kappa shape index (κ3) is 8.31.